The highest BCUT2D eigenvalue weighted by molar-refractivity contribution is 5.89. The van der Waals surface area contributed by atoms with Crippen molar-refractivity contribution in [3.63, 3.8) is 0 Å². The van der Waals surface area contributed by atoms with Gasteiger partial charge in [0.05, 0.1) is 5.54 Å². The molecule has 1 aromatic carbocycles. The zero-order chi connectivity index (χ0) is 15.0. The molecule has 3 rings (SSSR count). The molecule has 1 N–H and O–H groups in total. The van der Waals surface area contributed by atoms with Gasteiger partial charge in [-0.15, -0.1) is 0 Å². The normalized spacial score (nSPS) is 30.3. The third-order valence-corrected chi connectivity index (χ3v) is 5.03. The molecule has 4 heteroatoms. The first-order chi connectivity index (χ1) is 10.0. The van der Waals surface area contributed by atoms with E-state index in [2.05, 4.69) is 5.32 Å². The molecule has 3 nitrogen and oxygen atoms in total. The van der Waals surface area contributed by atoms with Crippen LogP contribution in [0.2, 0.25) is 0 Å². The topological polar surface area (TPSA) is 32.3 Å². The molecule has 0 spiro atoms. The molecule has 21 heavy (non-hydrogen) atoms. The number of nitrogens with zero attached hydrogens (tertiary/aromatic N) is 1. The Morgan fingerprint density at radius 1 is 1.38 bits per heavy atom. The number of hydrogen-bond donors (Lipinski definition) is 1. The number of rotatable bonds is 3. The van der Waals surface area contributed by atoms with Crippen molar-refractivity contribution in [2.75, 3.05) is 0 Å². The van der Waals surface area contributed by atoms with Crippen molar-refractivity contribution in [1.82, 2.24) is 10.2 Å². The molecule has 1 saturated carbocycles. The Morgan fingerprint density at radius 3 is 2.71 bits per heavy atom. The zero-order valence-corrected chi connectivity index (χ0v) is 12.7. The number of amides is 1. The molecule has 1 saturated heterocycles. The lowest BCUT2D eigenvalue weighted by atomic mass is 9.99. The van der Waals surface area contributed by atoms with Crippen LogP contribution in [0.4, 0.5) is 4.39 Å². The minimum atomic E-state index is -0.542. The standard InChI is InChI=1S/C17H23FN2O/c1-3-17(2)16(21)20(14-9-4-5-10-14)15(19-17)12-7-6-8-13(18)11-12/h6-8,11,14-15,19H,3-5,9-10H2,1-2H3. The van der Waals surface area contributed by atoms with Gasteiger partial charge in [0.2, 0.25) is 5.91 Å². The van der Waals surface area contributed by atoms with Crippen LogP contribution < -0.4 is 5.32 Å². The van der Waals surface area contributed by atoms with E-state index in [0.717, 1.165) is 24.8 Å². The summed E-state index contributed by atoms with van der Waals surface area (Å²) >= 11 is 0. The number of benzene rings is 1. The van der Waals surface area contributed by atoms with E-state index in [0.29, 0.717) is 0 Å². The molecule has 2 unspecified atom stereocenters. The second-order valence-electron chi connectivity index (χ2n) is 6.44. The lowest BCUT2D eigenvalue weighted by Crippen LogP contribution is -2.44. The minimum Gasteiger partial charge on any atom is -0.318 e. The molecule has 1 amide bonds. The maximum absolute atomic E-state index is 13.6. The summed E-state index contributed by atoms with van der Waals surface area (Å²) in [5, 5.41) is 3.45. The Labute approximate surface area is 125 Å². The summed E-state index contributed by atoms with van der Waals surface area (Å²) in [6.45, 7) is 3.97. The molecular formula is C17H23FN2O. The summed E-state index contributed by atoms with van der Waals surface area (Å²) in [7, 11) is 0. The van der Waals surface area contributed by atoms with Gasteiger partial charge in [-0.25, -0.2) is 4.39 Å². The predicted molar refractivity (Wildman–Crippen MR) is 80.1 cm³/mol. The molecule has 2 atom stereocenters. The first kappa shape index (κ1) is 14.5. The van der Waals surface area contributed by atoms with E-state index in [1.165, 1.54) is 25.0 Å². The monoisotopic (exact) mass is 290 g/mol. The third kappa shape index (κ3) is 2.46. The van der Waals surface area contributed by atoms with E-state index >= 15 is 0 Å². The van der Waals surface area contributed by atoms with E-state index in [-0.39, 0.29) is 23.9 Å². The first-order valence-electron chi connectivity index (χ1n) is 7.91. The van der Waals surface area contributed by atoms with Gasteiger partial charge in [-0.05, 0) is 43.9 Å². The molecule has 114 valence electrons. The number of hydrogen-bond acceptors (Lipinski definition) is 2. The summed E-state index contributed by atoms with van der Waals surface area (Å²) in [5.74, 6) is -0.0932. The average molecular weight is 290 g/mol. The highest BCUT2D eigenvalue weighted by Crippen LogP contribution is 2.38. The van der Waals surface area contributed by atoms with Crippen LogP contribution in [-0.2, 0) is 4.79 Å². The van der Waals surface area contributed by atoms with Crippen molar-refractivity contribution in [3.8, 4) is 0 Å². The average Bonchev–Trinajstić information content (AvgIpc) is 3.07. The van der Waals surface area contributed by atoms with Gasteiger partial charge in [-0.2, -0.15) is 0 Å². The van der Waals surface area contributed by atoms with Gasteiger partial charge >= 0.3 is 0 Å². The molecule has 1 heterocycles. The third-order valence-electron chi connectivity index (χ3n) is 5.03. The van der Waals surface area contributed by atoms with E-state index in [1.54, 1.807) is 6.07 Å². The van der Waals surface area contributed by atoms with E-state index in [4.69, 9.17) is 0 Å². The summed E-state index contributed by atoms with van der Waals surface area (Å²) in [6.07, 6.45) is 4.99. The highest BCUT2D eigenvalue weighted by Gasteiger charge is 2.49. The van der Waals surface area contributed by atoms with Gasteiger partial charge in [-0.1, -0.05) is 31.9 Å². The number of halogens is 1. The summed E-state index contributed by atoms with van der Waals surface area (Å²) in [5.41, 5.74) is 0.298. The van der Waals surface area contributed by atoms with Crippen molar-refractivity contribution in [3.05, 3.63) is 35.6 Å². The zero-order valence-electron chi connectivity index (χ0n) is 12.7. The molecule has 0 radical (unpaired) electrons. The van der Waals surface area contributed by atoms with Gasteiger partial charge in [0, 0.05) is 6.04 Å². The van der Waals surface area contributed by atoms with Crippen LogP contribution >= 0.6 is 0 Å². The van der Waals surface area contributed by atoms with Gasteiger partial charge < -0.3 is 4.90 Å². The van der Waals surface area contributed by atoms with Gasteiger partial charge in [-0.3, -0.25) is 10.1 Å². The summed E-state index contributed by atoms with van der Waals surface area (Å²) < 4.78 is 13.6. The van der Waals surface area contributed by atoms with Crippen molar-refractivity contribution in [2.45, 2.75) is 63.7 Å². The molecule has 2 fully saturated rings. The second-order valence-corrected chi connectivity index (χ2v) is 6.44. The molecule has 0 bridgehead atoms. The van der Waals surface area contributed by atoms with Gasteiger partial charge in [0.25, 0.3) is 0 Å². The van der Waals surface area contributed by atoms with Gasteiger partial charge in [0.1, 0.15) is 12.0 Å². The molecule has 1 aliphatic carbocycles. The predicted octanol–water partition coefficient (Wildman–Crippen LogP) is 3.37. The van der Waals surface area contributed by atoms with E-state index < -0.39 is 5.54 Å². The molecule has 1 aliphatic heterocycles. The molecule has 2 aliphatic rings. The Kier molecular flexibility index (Phi) is 3.74. The summed E-state index contributed by atoms with van der Waals surface area (Å²) in [4.78, 5) is 14.9. The quantitative estimate of drug-likeness (QED) is 0.925. The smallest absolute Gasteiger partial charge is 0.244 e. The minimum absolute atomic E-state index is 0.158. The van der Waals surface area contributed by atoms with E-state index in [9.17, 15) is 9.18 Å². The number of nitrogens with one attached hydrogen (secondary N) is 1. The molecular weight excluding hydrogens is 267 g/mol. The lowest BCUT2D eigenvalue weighted by molar-refractivity contribution is -0.135. The fourth-order valence-corrected chi connectivity index (χ4v) is 3.57. The number of carbonyl (C=O) groups is 1. The molecule has 0 aromatic heterocycles. The Bertz CT molecular complexity index is 541. The van der Waals surface area contributed by atoms with Crippen molar-refractivity contribution >= 4 is 5.91 Å². The largest absolute Gasteiger partial charge is 0.318 e. The maximum Gasteiger partial charge on any atom is 0.244 e. The highest BCUT2D eigenvalue weighted by atomic mass is 19.1. The summed E-state index contributed by atoms with van der Waals surface area (Å²) in [6, 6.07) is 6.88. The van der Waals surface area contributed by atoms with Crippen molar-refractivity contribution in [2.24, 2.45) is 0 Å². The van der Waals surface area contributed by atoms with Crippen molar-refractivity contribution in [1.29, 1.82) is 0 Å². The van der Waals surface area contributed by atoms with Crippen LogP contribution in [0.15, 0.2) is 24.3 Å². The maximum atomic E-state index is 13.6. The van der Waals surface area contributed by atoms with Crippen LogP contribution in [0.5, 0.6) is 0 Å². The van der Waals surface area contributed by atoms with Crippen LogP contribution in [0.3, 0.4) is 0 Å². The van der Waals surface area contributed by atoms with Crippen LogP contribution in [0.25, 0.3) is 0 Å². The fraction of sp³-hybridized carbons (Fsp3) is 0.588. The Hall–Kier alpha value is -1.42. The Morgan fingerprint density at radius 2 is 2.10 bits per heavy atom. The van der Waals surface area contributed by atoms with Gasteiger partial charge in [0.15, 0.2) is 0 Å². The van der Waals surface area contributed by atoms with Crippen LogP contribution in [0, 0.1) is 5.82 Å². The first-order valence-corrected chi connectivity index (χ1v) is 7.91. The second kappa shape index (κ2) is 5.41. The van der Waals surface area contributed by atoms with E-state index in [1.807, 2.05) is 24.8 Å². The number of carbonyl (C=O) groups excluding carboxylic acids is 1. The van der Waals surface area contributed by atoms with Crippen LogP contribution in [0.1, 0.15) is 57.7 Å². The lowest BCUT2D eigenvalue weighted by Gasteiger charge is -2.30. The fourth-order valence-electron chi connectivity index (χ4n) is 3.57. The molecule has 1 aromatic rings. The Balaban J connectivity index is 1.97. The van der Waals surface area contributed by atoms with Crippen LogP contribution in [-0.4, -0.2) is 22.4 Å². The SMILES string of the molecule is CCC1(C)NC(c2cccc(F)c2)N(C2CCCC2)C1=O. The van der Waals surface area contributed by atoms with Crippen molar-refractivity contribution < 1.29 is 9.18 Å².